The average Bonchev–Trinajstić information content (AvgIpc) is 2.94. The lowest BCUT2D eigenvalue weighted by atomic mass is 9.78. The largest absolute Gasteiger partial charge is 0.320 e. The van der Waals surface area contributed by atoms with Gasteiger partial charge in [0.25, 0.3) is 0 Å². The van der Waals surface area contributed by atoms with E-state index >= 15 is 0 Å². The van der Waals surface area contributed by atoms with E-state index in [1.165, 1.54) is 25.0 Å². The van der Waals surface area contributed by atoms with Crippen LogP contribution in [0.1, 0.15) is 51.5 Å². The Hall–Kier alpha value is -0.930. The molecule has 2 rings (SSSR count). The second-order valence-corrected chi connectivity index (χ2v) is 5.96. The van der Waals surface area contributed by atoms with Crippen molar-refractivity contribution in [3.63, 3.8) is 0 Å². The monoisotopic (exact) mass is 278 g/mol. The molecule has 112 valence electrons. The number of nitrogens with zero attached hydrogens (tertiary/aromatic N) is 1. The van der Waals surface area contributed by atoms with Gasteiger partial charge >= 0.3 is 0 Å². The fourth-order valence-electron chi connectivity index (χ4n) is 3.68. The Morgan fingerprint density at radius 3 is 2.30 bits per heavy atom. The maximum atomic E-state index is 13.2. The van der Waals surface area contributed by atoms with E-state index in [2.05, 4.69) is 18.7 Å². The smallest absolute Gasteiger partial charge is 0.123 e. The van der Waals surface area contributed by atoms with Crippen LogP contribution in [0.2, 0.25) is 0 Å². The minimum Gasteiger partial charge on any atom is -0.320 e. The number of hydrogen-bond donors (Lipinski definition) is 1. The zero-order valence-electron chi connectivity index (χ0n) is 12.7. The summed E-state index contributed by atoms with van der Waals surface area (Å²) in [4.78, 5) is 2.53. The molecular formula is C17H27FN2. The lowest BCUT2D eigenvalue weighted by Gasteiger charge is -2.43. The zero-order chi connectivity index (χ0) is 14.6. The van der Waals surface area contributed by atoms with E-state index in [9.17, 15) is 4.39 Å². The molecule has 2 atom stereocenters. The molecule has 0 aliphatic carbocycles. The summed E-state index contributed by atoms with van der Waals surface area (Å²) in [6, 6.07) is 7.13. The molecule has 1 aromatic rings. The van der Waals surface area contributed by atoms with Gasteiger partial charge in [0.15, 0.2) is 0 Å². The fourth-order valence-corrected chi connectivity index (χ4v) is 3.68. The summed E-state index contributed by atoms with van der Waals surface area (Å²) in [6.07, 6.45) is 5.55. The van der Waals surface area contributed by atoms with E-state index in [4.69, 9.17) is 5.73 Å². The van der Waals surface area contributed by atoms with Crippen molar-refractivity contribution in [3.05, 3.63) is 35.6 Å². The van der Waals surface area contributed by atoms with Gasteiger partial charge in [0.05, 0.1) is 5.54 Å². The average molecular weight is 278 g/mol. The Morgan fingerprint density at radius 1 is 1.20 bits per heavy atom. The third-order valence-electron chi connectivity index (χ3n) is 4.61. The van der Waals surface area contributed by atoms with Crippen molar-refractivity contribution in [3.8, 4) is 0 Å². The van der Waals surface area contributed by atoms with Gasteiger partial charge in [0.1, 0.15) is 5.82 Å². The van der Waals surface area contributed by atoms with Gasteiger partial charge in [-0.1, -0.05) is 32.4 Å². The maximum Gasteiger partial charge on any atom is 0.123 e. The van der Waals surface area contributed by atoms with Gasteiger partial charge < -0.3 is 5.73 Å². The second kappa shape index (κ2) is 6.68. The van der Waals surface area contributed by atoms with E-state index < -0.39 is 0 Å². The van der Waals surface area contributed by atoms with Crippen LogP contribution >= 0.6 is 0 Å². The molecule has 0 spiro atoms. The predicted molar refractivity (Wildman–Crippen MR) is 82.1 cm³/mol. The van der Waals surface area contributed by atoms with Gasteiger partial charge in [-0.05, 0) is 56.5 Å². The summed E-state index contributed by atoms with van der Waals surface area (Å²) in [5, 5.41) is 0. The number of likely N-dealkylation sites (tertiary alicyclic amines) is 1. The van der Waals surface area contributed by atoms with Crippen LogP contribution in [0.3, 0.4) is 0 Å². The van der Waals surface area contributed by atoms with Crippen molar-refractivity contribution < 1.29 is 4.39 Å². The van der Waals surface area contributed by atoms with Crippen LogP contribution in [0.25, 0.3) is 0 Å². The molecule has 2 unspecified atom stereocenters. The standard InChI is InChI=1S/C17H27FN2/c1-3-11-17(19,14-7-9-15(18)10-8-14)16(4-2)20-12-5-6-13-20/h7-10,16H,3-6,11-13,19H2,1-2H3. The summed E-state index contributed by atoms with van der Waals surface area (Å²) in [7, 11) is 0. The van der Waals surface area contributed by atoms with Gasteiger partial charge in [-0.25, -0.2) is 4.39 Å². The number of halogens is 1. The Bertz CT molecular complexity index is 412. The van der Waals surface area contributed by atoms with Crippen molar-refractivity contribution >= 4 is 0 Å². The van der Waals surface area contributed by atoms with Crippen LogP contribution in [0, 0.1) is 5.82 Å². The van der Waals surface area contributed by atoms with Crippen LogP contribution in [0.5, 0.6) is 0 Å². The molecule has 1 aliphatic heterocycles. The van der Waals surface area contributed by atoms with Gasteiger partial charge in [0.2, 0.25) is 0 Å². The molecule has 3 heteroatoms. The predicted octanol–water partition coefficient (Wildman–Crippen LogP) is 3.65. The topological polar surface area (TPSA) is 29.3 Å². The van der Waals surface area contributed by atoms with E-state index in [0.717, 1.165) is 37.9 Å². The normalized spacial score (nSPS) is 20.8. The summed E-state index contributed by atoms with van der Waals surface area (Å²) in [6.45, 7) is 6.66. The third-order valence-corrected chi connectivity index (χ3v) is 4.61. The Morgan fingerprint density at radius 2 is 1.80 bits per heavy atom. The molecule has 1 fully saturated rings. The van der Waals surface area contributed by atoms with Crippen molar-refractivity contribution in [2.45, 2.75) is 57.5 Å². The molecule has 0 amide bonds. The first-order valence-corrected chi connectivity index (χ1v) is 7.90. The van der Waals surface area contributed by atoms with Crippen molar-refractivity contribution in [1.29, 1.82) is 0 Å². The number of benzene rings is 1. The first kappa shape index (κ1) is 15.5. The van der Waals surface area contributed by atoms with Crippen molar-refractivity contribution in [1.82, 2.24) is 4.90 Å². The summed E-state index contributed by atoms with van der Waals surface area (Å²) in [5.41, 5.74) is 7.55. The van der Waals surface area contributed by atoms with Gasteiger partial charge in [-0.3, -0.25) is 4.90 Å². The summed E-state index contributed by atoms with van der Waals surface area (Å²) < 4.78 is 13.2. The Kier molecular flexibility index (Phi) is 5.17. The SMILES string of the molecule is CCCC(N)(c1ccc(F)cc1)C(CC)N1CCCC1. The molecule has 1 aliphatic rings. The number of hydrogen-bond acceptors (Lipinski definition) is 2. The van der Waals surface area contributed by atoms with Gasteiger partial charge in [-0.2, -0.15) is 0 Å². The minimum absolute atomic E-state index is 0.193. The van der Waals surface area contributed by atoms with E-state index in [1.807, 2.05) is 12.1 Å². The molecule has 0 bridgehead atoms. The molecule has 0 aromatic heterocycles. The molecule has 2 N–H and O–H groups in total. The highest BCUT2D eigenvalue weighted by Gasteiger charge is 2.39. The molecule has 0 radical (unpaired) electrons. The van der Waals surface area contributed by atoms with Gasteiger partial charge in [0, 0.05) is 6.04 Å². The zero-order valence-corrected chi connectivity index (χ0v) is 12.7. The second-order valence-electron chi connectivity index (χ2n) is 5.96. The first-order valence-electron chi connectivity index (χ1n) is 7.90. The number of rotatable bonds is 6. The Labute approximate surface area is 122 Å². The van der Waals surface area contributed by atoms with Crippen molar-refractivity contribution in [2.24, 2.45) is 5.73 Å². The lowest BCUT2D eigenvalue weighted by molar-refractivity contribution is 0.131. The quantitative estimate of drug-likeness (QED) is 0.860. The van der Waals surface area contributed by atoms with Crippen LogP contribution in [-0.4, -0.2) is 24.0 Å². The highest BCUT2D eigenvalue weighted by atomic mass is 19.1. The number of nitrogens with two attached hydrogens (primary N) is 1. The molecule has 0 saturated carbocycles. The molecule has 1 saturated heterocycles. The minimum atomic E-state index is -0.373. The van der Waals surface area contributed by atoms with Crippen molar-refractivity contribution in [2.75, 3.05) is 13.1 Å². The Balaban J connectivity index is 2.32. The molecule has 1 aromatic carbocycles. The van der Waals surface area contributed by atoms with E-state index in [-0.39, 0.29) is 11.4 Å². The fraction of sp³-hybridized carbons (Fsp3) is 0.647. The molecule has 1 heterocycles. The molecule has 2 nitrogen and oxygen atoms in total. The maximum absolute atomic E-state index is 13.2. The van der Waals surface area contributed by atoms with Crippen LogP contribution in [0.4, 0.5) is 4.39 Å². The summed E-state index contributed by atoms with van der Waals surface area (Å²) in [5.74, 6) is -0.193. The van der Waals surface area contributed by atoms with Crippen LogP contribution in [0.15, 0.2) is 24.3 Å². The summed E-state index contributed by atoms with van der Waals surface area (Å²) >= 11 is 0. The lowest BCUT2D eigenvalue weighted by Crippen LogP contribution is -2.55. The molecular weight excluding hydrogens is 251 g/mol. The molecule has 20 heavy (non-hydrogen) atoms. The highest BCUT2D eigenvalue weighted by Crippen LogP contribution is 2.34. The van der Waals surface area contributed by atoms with Gasteiger partial charge in [-0.15, -0.1) is 0 Å². The highest BCUT2D eigenvalue weighted by molar-refractivity contribution is 5.27. The third kappa shape index (κ3) is 3.04. The van der Waals surface area contributed by atoms with Crippen LogP contribution in [-0.2, 0) is 5.54 Å². The van der Waals surface area contributed by atoms with Crippen LogP contribution < -0.4 is 5.73 Å². The van der Waals surface area contributed by atoms with E-state index in [0.29, 0.717) is 6.04 Å². The van der Waals surface area contributed by atoms with E-state index in [1.54, 1.807) is 0 Å². The first-order chi connectivity index (χ1) is 9.61.